The average molecular weight is 309 g/mol. The quantitative estimate of drug-likeness (QED) is 0.814. The molecule has 4 heteroatoms. The molecular formula is C19H19NO3. The minimum Gasteiger partial charge on any atom is -0.445 e. The van der Waals surface area contributed by atoms with E-state index < -0.39 is 0 Å². The number of rotatable bonds is 3. The van der Waals surface area contributed by atoms with E-state index in [1.165, 1.54) is 0 Å². The van der Waals surface area contributed by atoms with Crippen LogP contribution in [-0.2, 0) is 24.3 Å². The first kappa shape index (κ1) is 15.3. The standard InChI is InChI=1S/C19H19NO3/c1-14(21)16-7-8-18-12-20(10-9-17(18)11-16)19(22)23-13-15-5-3-2-4-6-15/h2-8,11H,9-10,12-13H2,1H3. The number of nitrogens with zero attached hydrogens (tertiary/aromatic N) is 1. The highest BCUT2D eigenvalue weighted by Crippen LogP contribution is 2.21. The van der Waals surface area contributed by atoms with Crippen LogP contribution < -0.4 is 0 Å². The fraction of sp³-hybridized carbons (Fsp3) is 0.263. The molecule has 1 amide bonds. The number of ether oxygens (including phenoxy) is 1. The van der Waals surface area contributed by atoms with Gasteiger partial charge in [-0.1, -0.05) is 42.5 Å². The van der Waals surface area contributed by atoms with Gasteiger partial charge in [0.1, 0.15) is 6.61 Å². The van der Waals surface area contributed by atoms with Crippen molar-refractivity contribution in [3.8, 4) is 0 Å². The first-order valence-corrected chi connectivity index (χ1v) is 7.72. The van der Waals surface area contributed by atoms with Crippen molar-refractivity contribution in [3.63, 3.8) is 0 Å². The zero-order valence-corrected chi connectivity index (χ0v) is 13.1. The van der Waals surface area contributed by atoms with Crippen LogP contribution in [0.25, 0.3) is 0 Å². The number of benzene rings is 2. The minimum atomic E-state index is -0.296. The van der Waals surface area contributed by atoms with Crippen molar-refractivity contribution >= 4 is 11.9 Å². The topological polar surface area (TPSA) is 46.6 Å². The van der Waals surface area contributed by atoms with Crippen LogP contribution in [0.1, 0.15) is 34.0 Å². The van der Waals surface area contributed by atoms with Crippen molar-refractivity contribution in [2.24, 2.45) is 0 Å². The Morgan fingerprint density at radius 2 is 1.87 bits per heavy atom. The molecule has 1 aliphatic rings. The lowest BCUT2D eigenvalue weighted by molar-refractivity contribution is 0.0916. The molecule has 2 aromatic carbocycles. The summed E-state index contributed by atoms with van der Waals surface area (Å²) in [5.74, 6) is 0.0671. The molecule has 0 aromatic heterocycles. The normalized spacial score (nSPS) is 13.3. The Labute approximate surface area is 135 Å². The van der Waals surface area contributed by atoms with Crippen molar-refractivity contribution in [3.05, 3.63) is 70.8 Å². The van der Waals surface area contributed by atoms with E-state index in [-0.39, 0.29) is 18.5 Å². The molecule has 0 fully saturated rings. The van der Waals surface area contributed by atoms with Gasteiger partial charge in [-0.15, -0.1) is 0 Å². The zero-order chi connectivity index (χ0) is 16.2. The van der Waals surface area contributed by atoms with E-state index in [0.29, 0.717) is 13.1 Å². The summed E-state index contributed by atoms with van der Waals surface area (Å²) in [5.41, 5.74) is 3.93. The highest BCUT2D eigenvalue weighted by Gasteiger charge is 2.22. The number of amides is 1. The second-order valence-corrected chi connectivity index (χ2v) is 5.75. The van der Waals surface area contributed by atoms with Gasteiger partial charge in [-0.05, 0) is 36.1 Å². The van der Waals surface area contributed by atoms with E-state index in [9.17, 15) is 9.59 Å². The maximum Gasteiger partial charge on any atom is 0.410 e. The third kappa shape index (κ3) is 3.59. The maximum absolute atomic E-state index is 12.2. The molecule has 0 radical (unpaired) electrons. The lowest BCUT2D eigenvalue weighted by Crippen LogP contribution is -2.36. The molecule has 0 saturated carbocycles. The Balaban J connectivity index is 1.62. The molecule has 0 bridgehead atoms. The minimum absolute atomic E-state index is 0.0671. The highest BCUT2D eigenvalue weighted by atomic mass is 16.6. The molecule has 118 valence electrons. The number of fused-ring (bicyclic) bond motifs is 1. The maximum atomic E-state index is 12.2. The summed E-state index contributed by atoms with van der Waals surface area (Å²) in [6.07, 6.45) is 0.451. The van der Waals surface area contributed by atoms with Gasteiger partial charge in [-0.25, -0.2) is 4.79 Å². The molecule has 0 unspecified atom stereocenters. The summed E-state index contributed by atoms with van der Waals surface area (Å²) in [5, 5.41) is 0. The van der Waals surface area contributed by atoms with E-state index in [2.05, 4.69) is 0 Å². The Hall–Kier alpha value is -2.62. The van der Waals surface area contributed by atoms with Crippen molar-refractivity contribution in [2.45, 2.75) is 26.5 Å². The largest absolute Gasteiger partial charge is 0.445 e. The van der Waals surface area contributed by atoms with E-state index in [1.54, 1.807) is 11.8 Å². The van der Waals surface area contributed by atoms with Crippen LogP contribution in [0.15, 0.2) is 48.5 Å². The van der Waals surface area contributed by atoms with Gasteiger partial charge < -0.3 is 9.64 Å². The lowest BCUT2D eigenvalue weighted by Gasteiger charge is -2.28. The highest BCUT2D eigenvalue weighted by molar-refractivity contribution is 5.94. The van der Waals surface area contributed by atoms with Crippen molar-refractivity contribution < 1.29 is 14.3 Å². The van der Waals surface area contributed by atoms with E-state index >= 15 is 0 Å². The number of hydrogen-bond donors (Lipinski definition) is 0. The summed E-state index contributed by atoms with van der Waals surface area (Å²) in [6.45, 7) is 2.99. The Bertz CT molecular complexity index is 725. The lowest BCUT2D eigenvalue weighted by atomic mass is 9.96. The van der Waals surface area contributed by atoms with Gasteiger partial charge in [0, 0.05) is 18.7 Å². The summed E-state index contributed by atoms with van der Waals surface area (Å²) >= 11 is 0. The smallest absolute Gasteiger partial charge is 0.410 e. The summed E-state index contributed by atoms with van der Waals surface area (Å²) in [7, 11) is 0. The monoisotopic (exact) mass is 309 g/mol. The molecule has 23 heavy (non-hydrogen) atoms. The van der Waals surface area contributed by atoms with Crippen LogP contribution in [0.3, 0.4) is 0 Å². The predicted octanol–water partition coefficient (Wildman–Crippen LogP) is 3.58. The van der Waals surface area contributed by atoms with Crippen molar-refractivity contribution in [2.75, 3.05) is 6.54 Å². The first-order valence-electron chi connectivity index (χ1n) is 7.72. The SMILES string of the molecule is CC(=O)c1ccc2c(c1)CCN(C(=O)OCc1ccccc1)C2. The third-order valence-corrected chi connectivity index (χ3v) is 4.09. The van der Waals surface area contributed by atoms with Crippen molar-refractivity contribution in [1.29, 1.82) is 0 Å². The molecule has 0 atom stereocenters. The first-order chi connectivity index (χ1) is 11.1. The molecule has 1 aliphatic heterocycles. The van der Waals surface area contributed by atoms with Crippen molar-refractivity contribution in [1.82, 2.24) is 4.90 Å². The number of hydrogen-bond acceptors (Lipinski definition) is 3. The van der Waals surface area contributed by atoms with Crippen LogP contribution in [-0.4, -0.2) is 23.3 Å². The zero-order valence-electron chi connectivity index (χ0n) is 13.1. The Morgan fingerprint density at radius 1 is 1.09 bits per heavy atom. The van der Waals surface area contributed by atoms with Gasteiger partial charge >= 0.3 is 6.09 Å². The summed E-state index contributed by atoms with van der Waals surface area (Å²) in [4.78, 5) is 25.4. The van der Waals surface area contributed by atoms with E-state index in [1.807, 2.05) is 48.5 Å². The summed E-state index contributed by atoms with van der Waals surface area (Å²) in [6, 6.07) is 15.3. The second-order valence-electron chi connectivity index (χ2n) is 5.75. The fourth-order valence-electron chi connectivity index (χ4n) is 2.74. The number of carbonyl (C=O) groups excluding carboxylic acids is 2. The van der Waals surface area contributed by atoms with Gasteiger partial charge in [-0.2, -0.15) is 0 Å². The van der Waals surface area contributed by atoms with E-state index in [0.717, 1.165) is 28.7 Å². The number of carbonyl (C=O) groups is 2. The average Bonchev–Trinajstić information content (AvgIpc) is 2.59. The Morgan fingerprint density at radius 3 is 2.61 bits per heavy atom. The van der Waals surface area contributed by atoms with E-state index in [4.69, 9.17) is 4.74 Å². The number of Topliss-reactive ketones (excluding diaryl/α,β-unsaturated/α-hetero) is 1. The van der Waals surface area contributed by atoms with Crippen LogP contribution in [0.2, 0.25) is 0 Å². The summed E-state index contributed by atoms with van der Waals surface area (Å²) < 4.78 is 5.38. The molecule has 1 heterocycles. The van der Waals surface area contributed by atoms with Gasteiger partial charge in [0.05, 0.1) is 0 Å². The fourth-order valence-corrected chi connectivity index (χ4v) is 2.74. The molecule has 0 aliphatic carbocycles. The molecule has 0 N–H and O–H groups in total. The molecule has 0 spiro atoms. The molecule has 4 nitrogen and oxygen atoms in total. The Kier molecular flexibility index (Phi) is 4.42. The number of ketones is 1. The predicted molar refractivity (Wildman–Crippen MR) is 87.2 cm³/mol. The second kappa shape index (κ2) is 6.65. The van der Waals surface area contributed by atoms with Gasteiger partial charge in [0.25, 0.3) is 0 Å². The van der Waals surface area contributed by atoms with Crippen LogP contribution >= 0.6 is 0 Å². The van der Waals surface area contributed by atoms with Crippen LogP contribution in [0, 0.1) is 0 Å². The van der Waals surface area contributed by atoms with Crippen LogP contribution in [0.5, 0.6) is 0 Å². The van der Waals surface area contributed by atoms with Gasteiger partial charge in [0.15, 0.2) is 5.78 Å². The molecule has 3 rings (SSSR count). The molecule has 2 aromatic rings. The third-order valence-electron chi connectivity index (χ3n) is 4.09. The van der Waals surface area contributed by atoms with Gasteiger partial charge in [0.2, 0.25) is 0 Å². The van der Waals surface area contributed by atoms with Gasteiger partial charge in [-0.3, -0.25) is 4.79 Å². The molecular weight excluding hydrogens is 290 g/mol. The molecule has 0 saturated heterocycles. The van der Waals surface area contributed by atoms with Crippen LogP contribution in [0.4, 0.5) is 4.79 Å².